The van der Waals surface area contributed by atoms with Crippen molar-refractivity contribution in [2.75, 3.05) is 11.9 Å². The molecular formula is C14H24ClN3O2. The molecule has 0 amide bonds. The van der Waals surface area contributed by atoms with Gasteiger partial charge in [0.1, 0.15) is 5.02 Å². The van der Waals surface area contributed by atoms with E-state index in [1.165, 1.54) is 4.68 Å². The molecule has 0 spiro atoms. The number of nitrogens with zero attached hydrogens (tertiary/aromatic N) is 2. The zero-order valence-electron chi connectivity index (χ0n) is 12.4. The second kappa shape index (κ2) is 8.27. The molecule has 0 radical (unpaired) electrons. The van der Waals surface area contributed by atoms with Crippen molar-refractivity contribution in [2.24, 2.45) is 5.92 Å². The van der Waals surface area contributed by atoms with Crippen molar-refractivity contribution in [1.82, 2.24) is 9.78 Å². The maximum Gasteiger partial charge on any atom is 0.287 e. The van der Waals surface area contributed by atoms with Gasteiger partial charge in [-0.15, -0.1) is 0 Å². The van der Waals surface area contributed by atoms with Crippen LogP contribution in [0.3, 0.4) is 0 Å². The molecule has 1 rings (SSSR count). The number of nitrogens with one attached hydrogen (secondary N) is 1. The number of aliphatic hydroxyl groups excluding tert-OH is 1. The zero-order valence-corrected chi connectivity index (χ0v) is 13.2. The largest absolute Gasteiger partial charge is 0.391 e. The third-order valence-corrected chi connectivity index (χ3v) is 3.88. The van der Waals surface area contributed by atoms with Gasteiger partial charge in [0.2, 0.25) is 0 Å². The summed E-state index contributed by atoms with van der Waals surface area (Å²) >= 11 is 6.05. The van der Waals surface area contributed by atoms with Crippen LogP contribution in [0.4, 0.5) is 5.69 Å². The number of aryl methyl sites for hydroxylation is 1. The summed E-state index contributed by atoms with van der Waals surface area (Å²) in [5, 5.41) is 17.3. The number of anilines is 1. The second-order valence-electron chi connectivity index (χ2n) is 4.93. The van der Waals surface area contributed by atoms with E-state index >= 15 is 0 Å². The molecule has 0 saturated heterocycles. The van der Waals surface area contributed by atoms with Crippen molar-refractivity contribution < 1.29 is 5.11 Å². The quantitative estimate of drug-likeness (QED) is 0.774. The van der Waals surface area contributed by atoms with Crippen LogP contribution in [0.5, 0.6) is 0 Å². The third kappa shape index (κ3) is 4.21. The Bertz CT molecular complexity index is 472. The van der Waals surface area contributed by atoms with Gasteiger partial charge in [-0.1, -0.05) is 45.2 Å². The summed E-state index contributed by atoms with van der Waals surface area (Å²) in [4.78, 5) is 11.9. The van der Waals surface area contributed by atoms with Crippen LogP contribution in [-0.2, 0) is 6.54 Å². The molecule has 0 fully saturated rings. The predicted octanol–water partition coefficient (Wildman–Crippen LogP) is 2.52. The predicted molar refractivity (Wildman–Crippen MR) is 82.4 cm³/mol. The van der Waals surface area contributed by atoms with Crippen molar-refractivity contribution in [3.05, 3.63) is 21.6 Å². The third-order valence-electron chi connectivity index (χ3n) is 3.51. The summed E-state index contributed by atoms with van der Waals surface area (Å²) in [6.45, 7) is 7.00. The summed E-state index contributed by atoms with van der Waals surface area (Å²) < 4.78 is 1.35. The van der Waals surface area contributed by atoms with Crippen LogP contribution in [0.25, 0.3) is 0 Å². The Morgan fingerprint density at radius 1 is 1.40 bits per heavy atom. The fraction of sp³-hybridized carbons (Fsp3) is 0.714. The molecule has 2 N–H and O–H groups in total. The normalized spacial score (nSPS) is 12.7. The topological polar surface area (TPSA) is 67.2 Å². The molecule has 1 aromatic heterocycles. The van der Waals surface area contributed by atoms with Crippen molar-refractivity contribution in [1.29, 1.82) is 0 Å². The van der Waals surface area contributed by atoms with E-state index in [0.29, 0.717) is 18.8 Å². The average Bonchev–Trinajstić information content (AvgIpc) is 2.44. The number of hydrogen-bond acceptors (Lipinski definition) is 4. The van der Waals surface area contributed by atoms with Crippen molar-refractivity contribution in [2.45, 2.75) is 52.7 Å². The monoisotopic (exact) mass is 301 g/mol. The number of aliphatic hydroxyl groups is 1. The maximum atomic E-state index is 11.9. The highest BCUT2D eigenvalue weighted by Crippen LogP contribution is 2.18. The van der Waals surface area contributed by atoms with Crippen LogP contribution in [-0.4, -0.2) is 27.5 Å². The van der Waals surface area contributed by atoms with Crippen LogP contribution in [0.15, 0.2) is 11.0 Å². The fourth-order valence-electron chi connectivity index (χ4n) is 2.17. The van der Waals surface area contributed by atoms with E-state index in [4.69, 9.17) is 11.6 Å². The van der Waals surface area contributed by atoms with Gasteiger partial charge in [0, 0.05) is 13.1 Å². The van der Waals surface area contributed by atoms with Crippen molar-refractivity contribution >= 4 is 17.3 Å². The standard InChI is InChI=1S/C14H24ClN3O2/c1-4-7-18-14(20)13(15)11(8-17-18)16-9-12(19)10(5-2)6-3/h8,10,12,16,19H,4-7,9H2,1-3H3. The van der Waals surface area contributed by atoms with E-state index in [1.54, 1.807) is 6.20 Å². The minimum absolute atomic E-state index is 0.130. The van der Waals surface area contributed by atoms with Gasteiger partial charge in [-0.2, -0.15) is 5.10 Å². The lowest BCUT2D eigenvalue weighted by Gasteiger charge is -2.21. The first-order chi connectivity index (χ1) is 9.54. The average molecular weight is 302 g/mol. The second-order valence-corrected chi connectivity index (χ2v) is 5.30. The highest BCUT2D eigenvalue weighted by atomic mass is 35.5. The number of halogens is 1. The van der Waals surface area contributed by atoms with Crippen molar-refractivity contribution in [3.8, 4) is 0 Å². The maximum absolute atomic E-state index is 11.9. The molecule has 1 heterocycles. The van der Waals surface area contributed by atoms with Gasteiger partial charge in [0.25, 0.3) is 5.56 Å². The summed E-state index contributed by atoms with van der Waals surface area (Å²) in [5.74, 6) is 0.245. The Kier molecular flexibility index (Phi) is 7.02. The molecule has 0 bridgehead atoms. The van der Waals surface area contributed by atoms with Gasteiger partial charge in [-0.25, -0.2) is 4.68 Å². The molecule has 0 aliphatic rings. The van der Waals surface area contributed by atoms with Gasteiger partial charge in [-0.05, 0) is 12.3 Å². The fourth-order valence-corrected chi connectivity index (χ4v) is 2.39. The molecule has 6 heteroatoms. The molecule has 5 nitrogen and oxygen atoms in total. The van der Waals surface area contributed by atoms with Gasteiger partial charge in [-0.3, -0.25) is 4.79 Å². The van der Waals surface area contributed by atoms with Crippen LogP contribution >= 0.6 is 11.6 Å². The molecule has 0 aliphatic carbocycles. The summed E-state index contributed by atoms with van der Waals surface area (Å²) in [6, 6.07) is 0. The van der Waals surface area contributed by atoms with Gasteiger partial charge in [0.05, 0.1) is 18.0 Å². The first-order valence-electron chi connectivity index (χ1n) is 7.22. The van der Waals surface area contributed by atoms with E-state index in [-0.39, 0.29) is 16.5 Å². The van der Waals surface area contributed by atoms with Crippen LogP contribution < -0.4 is 10.9 Å². The summed E-state index contributed by atoms with van der Waals surface area (Å²) in [5.41, 5.74) is 0.185. The van der Waals surface area contributed by atoms with E-state index < -0.39 is 6.10 Å². The highest BCUT2D eigenvalue weighted by molar-refractivity contribution is 6.32. The molecule has 0 aliphatic heterocycles. The van der Waals surface area contributed by atoms with Gasteiger partial charge in [0.15, 0.2) is 0 Å². The lowest BCUT2D eigenvalue weighted by atomic mass is 9.96. The Labute approximate surface area is 125 Å². The molecule has 1 unspecified atom stereocenters. The van der Waals surface area contributed by atoms with Gasteiger partial charge >= 0.3 is 0 Å². The molecule has 1 aromatic rings. The molecule has 114 valence electrons. The number of hydrogen-bond donors (Lipinski definition) is 2. The Morgan fingerprint density at radius 2 is 2.05 bits per heavy atom. The first-order valence-corrected chi connectivity index (χ1v) is 7.60. The van der Waals surface area contributed by atoms with Crippen LogP contribution in [0, 0.1) is 5.92 Å². The molecule has 0 saturated carbocycles. The van der Waals surface area contributed by atoms with Crippen LogP contribution in [0.2, 0.25) is 5.02 Å². The minimum Gasteiger partial charge on any atom is -0.391 e. The highest BCUT2D eigenvalue weighted by Gasteiger charge is 2.16. The summed E-state index contributed by atoms with van der Waals surface area (Å²) in [7, 11) is 0. The number of aromatic nitrogens is 2. The zero-order chi connectivity index (χ0) is 15.1. The number of rotatable bonds is 8. The van der Waals surface area contributed by atoms with Crippen LogP contribution in [0.1, 0.15) is 40.0 Å². The minimum atomic E-state index is -0.459. The van der Waals surface area contributed by atoms with E-state index in [0.717, 1.165) is 19.3 Å². The summed E-state index contributed by atoms with van der Waals surface area (Å²) in [6.07, 6.45) is 3.74. The Morgan fingerprint density at radius 3 is 2.60 bits per heavy atom. The van der Waals surface area contributed by atoms with Crippen molar-refractivity contribution in [3.63, 3.8) is 0 Å². The Balaban J connectivity index is 2.74. The smallest absolute Gasteiger partial charge is 0.287 e. The molecule has 0 aromatic carbocycles. The molecular weight excluding hydrogens is 278 g/mol. The van der Waals surface area contributed by atoms with Gasteiger partial charge < -0.3 is 10.4 Å². The first kappa shape index (κ1) is 17.0. The lowest BCUT2D eigenvalue weighted by Crippen LogP contribution is -2.29. The molecule has 20 heavy (non-hydrogen) atoms. The lowest BCUT2D eigenvalue weighted by molar-refractivity contribution is 0.114. The molecule has 1 atom stereocenters. The SMILES string of the molecule is CCCn1ncc(NCC(O)C(CC)CC)c(Cl)c1=O. The Hall–Kier alpha value is -1.07. The van der Waals surface area contributed by atoms with E-state index in [9.17, 15) is 9.90 Å². The van der Waals surface area contributed by atoms with E-state index in [1.807, 2.05) is 6.92 Å². The van der Waals surface area contributed by atoms with E-state index in [2.05, 4.69) is 24.3 Å².